The van der Waals surface area contributed by atoms with Crippen molar-refractivity contribution in [1.29, 1.82) is 0 Å². The molecule has 19 heavy (non-hydrogen) atoms. The van der Waals surface area contributed by atoms with Crippen molar-refractivity contribution in [2.75, 3.05) is 6.61 Å². The summed E-state index contributed by atoms with van der Waals surface area (Å²) in [6, 6.07) is 15.5. The molecule has 0 radical (unpaired) electrons. The lowest BCUT2D eigenvalue weighted by molar-refractivity contribution is 0.293. The van der Waals surface area contributed by atoms with Crippen LogP contribution >= 0.6 is 15.9 Å². The van der Waals surface area contributed by atoms with Gasteiger partial charge in [-0.05, 0) is 46.6 Å². The molecule has 0 bridgehead atoms. The summed E-state index contributed by atoms with van der Waals surface area (Å²) < 4.78 is 12.6. The molecule has 0 unspecified atom stereocenters. The molecule has 0 saturated heterocycles. The van der Waals surface area contributed by atoms with Crippen LogP contribution < -0.4 is 9.47 Å². The molecule has 3 heteroatoms. The predicted molar refractivity (Wildman–Crippen MR) is 81.1 cm³/mol. The number of unbranched alkanes of at least 4 members (excludes halogenated alkanes) is 1. The van der Waals surface area contributed by atoms with Gasteiger partial charge in [0.15, 0.2) is 11.5 Å². The number of rotatable bonds is 6. The van der Waals surface area contributed by atoms with E-state index >= 15 is 0 Å². The third kappa shape index (κ3) is 4.00. The minimum absolute atomic E-state index is 0.699. The van der Waals surface area contributed by atoms with Gasteiger partial charge in [-0.1, -0.05) is 37.6 Å². The molecule has 0 saturated carbocycles. The minimum Gasteiger partial charge on any atom is -0.488 e. The van der Waals surface area contributed by atoms with Crippen LogP contribution in [0.25, 0.3) is 0 Å². The van der Waals surface area contributed by atoms with E-state index in [1.165, 1.54) is 0 Å². The highest BCUT2D eigenvalue weighted by Crippen LogP contribution is 2.37. The average molecular weight is 321 g/mol. The summed E-state index contributed by atoms with van der Waals surface area (Å²) >= 11 is 3.51. The Morgan fingerprint density at radius 2 is 1.79 bits per heavy atom. The van der Waals surface area contributed by atoms with Crippen LogP contribution in [-0.2, 0) is 0 Å². The van der Waals surface area contributed by atoms with Gasteiger partial charge in [0, 0.05) is 0 Å². The molecular weight excluding hydrogens is 304 g/mol. The third-order valence-corrected chi connectivity index (χ3v) is 3.27. The molecule has 0 aliphatic heterocycles. The molecular formula is C16H17BrO2. The molecule has 0 atom stereocenters. The Hall–Kier alpha value is -1.48. The number of hydrogen-bond acceptors (Lipinski definition) is 2. The van der Waals surface area contributed by atoms with Gasteiger partial charge in [0.1, 0.15) is 5.75 Å². The van der Waals surface area contributed by atoms with Gasteiger partial charge in [0.05, 0.1) is 11.1 Å². The van der Waals surface area contributed by atoms with Gasteiger partial charge in [0.25, 0.3) is 0 Å². The Bertz CT molecular complexity index is 511. The van der Waals surface area contributed by atoms with Crippen molar-refractivity contribution in [3.05, 3.63) is 53.0 Å². The molecule has 100 valence electrons. The number of benzene rings is 2. The second kappa shape index (κ2) is 7.19. The lowest BCUT2D eigenvalue weighted by Crippen LogP contribution is -1.99. The Morgan fingerprint density at radius 3 is 2.53 bits per heavy atom. The topological polar surface area (TPSA) is 18.5 Å². The maximum atomic E-state index is 5.87. The lowest BCUT2D eigenvalue weighted by atomic mass is 10.3. The molecule has 0 aromatic heterocycles. The first-order valence-corrected chi connectivity index (χ1v) is 7.24. The first-order valence-electron chi connectivity index (χ1n) is 6.45. The van der Waals surface area contributed by atoms with E-state index in [9.17, 15) is 0 Å². The van der Waals surface area contributed by atoms with Gasteiger partial charge >= 0.3 is 0 Å². The third-order valence-electron chi connectivity index (χ3n) is 2.65. The second-order valence-corrected chi connectivity index (χ2v) is 5.04. The van der Waals surface area contributed by atoms with Crippen LogP contribution in [0.4, 0.5) is 0 Å². The summed E-state index contributed by atoms with van der Waals surface area (Å²) in [6.07, 6.45) is 2.14. The fraction of sp³-hybridized carbons (Fsp3) is 0.250. The average Bonchev–Trinajstić information content (AvgIpc) is 2.43. The van der Waals surface area contributed by atoms with Crippen molar-refractivity contribution in [2.45, 2.75) is 19.8 Å². The molecule has 0 fully saturated rings. The van der Waals surface area contributed by atoms with E-state index in [-0.39, 0.29) is 0 Å². The largest absolute Gasteiger partial charge is 0.488 e. The first kappa shape index (κ1) is 13.9. The van der Waals surface area contributed by atoms with Crippen molar-refractivity contribution >= 4 is 15.9 Å². The molecule has 2 aromatic carbocycles. The lowest BCUT2D eigenvalue weighted by Gasteiger charge is -2.13. The summed E-state index contributed by atoms with van der Waals surface area (Å²) in [6.45, 7) is 2.84. The quantitative estimate of drug-likeness (QED) is 0.661. The molecule has 2 nitrogen and oxygen atoms in total. The van der Waals surface area contributed by atoms with Crippen LogP contribution in [0.3, 0.4) is 0 Å². The van der Waals surface area contributed by atoms with Crippen LogP contribution in [0.5, 0.6) is 17.2 Å². The number of para-hydroxylation sites is 2. The Labute approximate surface area is 122 Å². The van der Waals surface area contributed by atoms with Crippen molar-refractivity contribution in [3.8, 4) is 17.2 Å². The summed E-state index contributed by atoms with van der Waals surface area (Å²) in [4.78, 5) is 0. The fourth-order valence-corrected chi connectivity index (χ4v) is 2.11. The van der Waals surface area contributed by atoms with Crippen LogP contribution in [0.15, 0.2) is 53.0 Å². The zero-order valence-electron chi connectivity index (χ0n) is 10.9. The van der Waals surface area contributed by atoms with Crippen LogP contribution in [0.2, 0.25) is 0 Å². The zero-order valence-corrected chi connectivity index (χ0v) is 12.5. The van der Waals surface area contributed by atoms with E-state index in [2.05, 4.69) is 22.9 Å². The highest BCUT2D eigenvalue weighted by Gasteiger charge is 2.10. The van der Waals surface area contributed by atoms with Crippen molar-refractivity contribution in [3.63, 3.8) is 0 Å². The second-order valence-electron chi connectivity index (χ2n) is 4.18. The number of halogens is 1. The maximum Gasteiger partial charge on any atom is 0.175 e. The van der Waals surface area contributed by atoms with E-state index in [4.69, 9.17) is 9.47 Å². The SMILES string of the molecule is CCCCOc1c(Br)cccc1Oc1ccccc1. The molecule has 0 aliphatic carbocycles. The number of ether oxygens (including phenoxy) is 2. The van der Waals surface area contributed by atoms with E-state index in [1.54, 1.807) is 0 Å². The molecule has 2 rings (SSSR count). The summed E-state index contributed by atoms with van der Waals surface area (Å²) in [5, 5.41) is 0. The van der Waals surface area contributed by atoms with Crippen LogP contribution in [0.1, 0.15) is 19.8 Å². The van der Waals surface area contributed by atoms with Gasteiger partial charge in [-0.3, -0.25) is 0 Å². The molecule has 0 amide bonds. The summed E-state index contributed by atoms with van der Waals surface area (Å²) in [5.74, 6) is 2.30. The highest BCUT2D eigenvalue weighted by atomic mass is 79.9. The fourth-order valence-electron chi connectivity index (χ4n) is 1.64. The zero-order chi connectivity index (χ0) is 13.5. The molecule has 0 spiro atoms. The molecule has 0 N–H and O–H groups in total. The van der Waals surface area contributed by atoms with Gasteiger partial charge in [-0.15, -0.1) is 0 Å². The number of hydrogen-bond donors (Lipinski definition) is 0. The van der Waals surface area contributed by atoms with E-state index in [1.807, 2.05) is 48.5 Å². The Morgan fingerprint density at radius 1 is 1.00 bits per heavy atom. The van der Waals surface area contributed by atoms with E-state index in [0.29, 0.717) is 6.61 Å². The van der Waals surface area contributed by atoms with Gasteiger partial charge in [-0.25, -0.2) is 0 Å². The van der Waals surface area contributed by atoms with Gasteiger partial charge in [0.2, 0.25) is 0 Å². The minimum atomic E-state index is 0.699. The normalized spacial score (nSPS) is 10.2. The molecule has 2 aromatic rings. The molecule has 0 heterocycles. The van der Waals surface area contributed by atoms with Crippen LogP contribution in [-0.4, -0.2) is 6.61 Å². The molecule has 0 aliphatic rings. The van der Waals surface area contributed by atoms with Crippen molar-refractivity contribution < 1.29 is 9.47 Å². The summed E-state index contributed by atoms with van der Waals surface area (Å²) in [7, 11) is 0. The predicted octanol–water partition coefficient (Wildman–Crippen LogP) is 5.42. The standard InChI is InChI=1S/C16H17BrO2/c1-2-3-12-18-16-14(17)10-7-11-15(16)19-13-8-5-4-6-9-13/h4-11H,2-3,12H2,1H3. The van der Waals surface area contributed by atoms with E-state index < -0.39 is 0 Å². The van der Waals surface area contributed by atoms with E-state index in [0.717, 1.165) is 34.6 Å². The first-order chi connectivity index (χ1) is 9.31. The Balaban J connectivity index is 2.17. The summed E-state index contributed by atoms with van der Waals surface area (Å²) in [5.41, 5.74) is 0. The van der Waals surface area contributed by atoms with Gasteiger partial charge < -0.3 is 9.47 Å². The van der Waals surface area contributed by atoms with Gasteiger partial charge in [-0.2, -0.15) is 0 Å². The van der Waals surface area contributed by atoms with Crippen molar-refractivity contribution in [2.24, 2.45) is 0 Å². The smallest absolute Gasteiger partial charge is 0.175 e. The van der Waals surface area contributed by atoms with Crippen LogP contribution in [0, 0.1) is 0 Å². The highest BCUT2D eigenvalue weighted by molar-refractivity contribution is 9.10. The van der Waals surface area contributed by atoms with Crippen molar-refractivity contribution in [1.82, 2.24) is 0 Å². The maximum absolute atomic E-state index is 5.87. The Kier molecular flexibility index (Phi) is 5.28. The monoisotopic (exact) mass is 320 g/mol.